The first-order valence-corrected chi connectivity index (χ1v) is 11.9. The predicted molar refractivity (Wildman–Crippen MR) is 135 cm³/mol. The first-order valence-electron chi connectivity index (χ1n) is 11.2. The lowest BCUT2D eigenvalue weighted by Crippen LogP contribution is -2.50. The van der Waals surface area contributed by atoms with E-state index in [1.807, 2.05) is 23.1 Å². The molecule has 180 valence electrons. The average molecular weight is 512 g/mol. The number of fused-ring (bicyclic) bond motifs is 1. The summed E-state index contributed by atoms with van der Waals surface area (Å²) in [6.45, 7) is 4.30. The fourth-order valence-electron chi connectivity index (χ4n) is 4.65. The summed E-state index contributed by atoms with van der Waals surface area (Å²) in [5, 5.41) is 17.6. The average Bonchev–Trinajstić information content (AvgIpc) is 3.29. The number of nitrogens with zero attached hydrogens (tertiary/aromatic N) is 4. The monoisotopic (exact) mass is 511 g/mol. The van der Waals surface area contributed by atoms with Crippen LogP contribution in [0.15, 0.2) is 65.9 Å². The highest BCUT2D eigenvalue weighted by Gasteiger charge is 2.38. The van der Waals surface area contributed by atoms with Gasteiger partial charge in [0.05, 0.1) is 15.6 Å². The number of hydrogen-bond donors (Lipinski definition) is 2. The van der Waals surface area contributed by atoms with Crippen molar-refractivity contribution in [3.63, 3.8) is 0 Å². The summed E-state index contributed by atoms with van der Waals surface area (Å²) < 4.78 is 1.50. The highest BCUT2D eigenvalue weighted by molar-refractivity contribution is 6.42. The van der Waals surface area contributed by atoms with Crippen molar-refractivity contribution in [3.8, 4) is 0 Å². The van der Waals surface area contributed by atoms with E-state index in [9.17, 15) is 14.7 Å². The number of carboxylic acid groups (broad SMARTS) is 1. The van der Waals surface area contributed by atoms with E-state index < -0.39 is 12.0 Å². The molecule has 2 N–H and O–H groups in total. The molecule has 0 saturated carbocycles. The van der Waals surface area contributed by atoms with Crippen molar-refractivity contribution >= 4 is 46.6 Å². The van der Waals surface area contributed by atoms with Crippen LogP contribution in [0.3, 0.4) is 0 Å². The zero-order chi connectivity index (χ0) is 24.7. The van der Waals surface area contributed by atoms with E-state index in [2.05, 4.69) is 27.4 Å². The molecule has 8 nitrogen and oxygen atoms in total. The van der Waals surface area contributed by atoms with Crippen molar-refractivity contribution in [2.45, 2.75) is 13.0 Å². The third-order valence-electron chi connectivity index (χ3n) is 6.39. The molecule has 0 spiro atoms. The Bertz CT molecular complexity index is 1330. The fourth-order valence-corrected chi connectivity index (χ4v) is 5.06. The molecule has 1 saturated heterocycles. The number of carboxylic acids is 1. The Morgan fingerprint density at radius 1 is 1.03 bits per heavy atom. The van der Waals surface area contributed by atoms with Gasteiger partial charge in [-0.25, -0.2) is 9.48 Å². The van der Waals surface area contributed by atoms with Crippen molar-refractivity contribution in [3.05, 3.63) is 87.2 Å². The molecule has 1 aromatic heterocycles. The van der Waals surface area contributed by atoms with Crippen molar-refractivity contribution in [1.29, 1.82) is 0 Å². The molecule has 5 rings (SSSR count). The number of anilines is 2. The van der Waals surface area contributed by atoms with Gasteiger partial charge in [0.15, 0.2) is 5.69 Å². The maximum atomic E-state index is 13.9. The van der Waals surface area contributed by atoms with Crippen molar-refractivity contribution in [2.75, 3.05) is 36.4 Å². The summed E-state index contributed by atoms with van der Waals surface area (Å²) >= 11 is 12.9. The normalized spacial score (nSPS) is 17.7. The Morgan fingerprint density at radius 3 is 2.43 bits per heavy atom. The van der Waals surface area contributed by atoms with Crippen LogP contribution in [0.25, 0.3) is 0 Å². The maximum Gasteiger partial charge on any atom is 0.356 e. The molecule has 0 radical (unpaired) electrons. The molecule has 1 amide bonds. The van der Waals surface area contributed by atoms with Crippen LogP contribution in [0.4, 0.5) is 11.5 Å². The van der Waals surface area contributed by atoms with E-state index in [0.717, 1.165) is 5.69 Å². The number of amides is 1. The van der Waals surface area contributed by atoms with E-state index >= 15 is 0 Å². The number of carbonyl (C=O) groups is 2. The third-order valence-corrected chi connectivity index (χ3v) is 7.22. The van der Waals surface area contributed by atoms with Gasteiger partial charge in [-0.1, -0.05) is 53.5 Å². The second-order valence-electron chi connectivity index (χ2n) is 8.49. The molecule has 2 aliphatic heterocycles. The lowest BCUT2D eigenvalue weighted by Gasteiger charge is -2.38. The standard InChI is InChI=1S/C25H23Cl2N5O3/c1-15-21(24(33)31-12-10-30(11-13-31)16-6-3-2-4-7-16)23(17-8-5-9-18(26)22(17)27)32-20(28-15)14-19(29-32)25(34)35/h2-9,14,23,28H,10-13H2,1H3,(H,34,35). The van der Waals surface area contributed by atoms with Crippen molar-refractivity contribution < 1.29 is 14.7 Å². The number of piperazine rings is 1. The number of aromatic carboxylic acids is 1. The Hall–Kier alpha value is -3.49. The van der Waals surface area contributed by atoms with E-state index in [0.29, 0.717) is 58.9 Å². The van der Waals surface area contributed by atoms with Gasteiger partial charge >= 0.3 is 5.97 Å². The first-order chi connectivity index (χ1) is 16.8. The Labute approximate surface area is 212 Å². The molecule has 0 aliphatic carbocycles. The second-order valence-corrected chi connectivity index (χ2v) is 9.27. The summed E-state index contributed by atoms with van der Waals surface area (Å²) in [5.41, 5.74) is 2.64. The molecule has 35 heavy (non-hydrogen) atoms. The molecule has 1 fully saturated rings. The van der Waals surface area contributed by atoms with E-state index in [4.69, 9.17) is 23.2 Å². The molecule has 1 atom stereocenters. The summed E-state index contributed by atoms with van der Waals surface area (Å²) in [7, 11) is 0. The number of rotatable bonds is 4. The number of aromatic nitrogens is 2. The van der Waals surface area contributed by atoms with Crippen LogP contribution in [-0.4, -0.2) is 57.8 Å². The van der Waals surface area contributed by atoms with Gasteiger partial charge in [-0.05, 0) is 25.1 Å². The first kappa shape index (κ1) is 23.3. The van der Waals surface area contributed by atoms with Crippen LogP contribution < -0.4 is 10.2 Å². The van der Waals surface area contributed by atoms with Gasteiger partial charge in [0.2, 0.25) is 0 Å². The summed E-state index contributed by atoms with van der Waals surface area (Å²) in [4.78, 5) is 29.6. The number of carbonyl (C=O) groups excluding carboxylic acids is 1. The predicted octanol–water partition coefficient (Wildman–Crippen LogP) is 4.53. The van der Waals surface area contributed by atoms with E-state index in [1.54, 1.807) is 25.1 Å². The van der Waals surface area contributed by atoms with Crippen molar-refractivity contribution in [1.82, 2.24) is 14.7 Å². The van der Waals surface area contributed by atoms with Crippen LogP contribution in [0, 0.1) is 0 Å². The van der Waals surface area contributed by atoms with E-state index in [-0.39, 0.29) is 11.6 Å². The SMILES string of the molecule is CC1=C(C(=O)N2CCN(c3ccccc3)CC2)C(c2cccc(Cl)c2Cl)n2nc(C(=O)O)cc2N1. The summed E-state index contributed by atoms with van der Waals surface area (Å²) in [6.07, 6.45) is 0. The quantitative estimate of drug-likeness (QED) is 0.534. The van der Waals surface area contributed by atoms with Gasteiger partial charge in [0.1, 0.15) is 11.9 Å². The minimum Gasteiger partial charge on any atom is -0.476 e. The summed E-state index contributed by atoms with van der Waals surface area (Å²) in [5.74, 6) is -0.847. The largest absolute Gasteiger partial charge is 0.476 e. The van der Waals surface area contributed by atoms with Crippen LogP contribution >= 0.6 is 23.2 Å². The molecular weight excluding hydrogens is 489 g/mol. The molecule has 10 heteroatoms. The highest BCUT2D eigenvalue weighted by atomic mass is 35.5. The molecule has 3 heterocycles. The Morgan fingerprint density at radius 2 is 1.74 bits per heavy atom. The Kier molecular flexibility index (Phi) is 6.17. The molecule has 2 aromatic carbocycles. The van der Waals surface area contributed by atoms with Crippen LogP contribution in [0.5, 0.6) is 0 Å². The van der Waals surface area contributed by atoms with Gasteiger partial charge in [-0.2, -0.15) is 5.10 Å². The lowest BCUT2D eigenvalue weighted by molar-refractivity contribution is -0.128. The fraction of sp³-hybridized carbons (Fsp3) is 0.240. The van der Waals surface area contributed by atoms with Gasteiger partial charge < -0.3 is 20.2 Å². The lowest BCUT2D eigenvalue weighted by atomic mass is 9.94. The van der Waals surface area contributed by atoms with Crippen LogP contribution in [0.2, 0.25) is 10.0 Å². The minimum absolute atomic E-state index is 0.131. The molecular formula is C25H23Cl2N5O3. The van der Waals surface area contributed by atoms with Crippen LogP contribution in [0.1, 0.15) is 29.0 Å². The number of benzene rings is 2. The van der Waals surface area contributed by atoms with Crippen LogP contribution in [-0.2, 0) is 4.79 Å². The molecule has 2 aliphatic rings. The number of para-hydroxylation sites is 1. The molecule has 3 aromatic rings. The zero-order valence-corrected chi connectivity index (χ0v) is 20.4. The zero-order valence-electron chi connectivity index (χ0n) is 18.9. The Balaban J connectivity index is 1.50. The second kappa shape index (κ2) is 9.28. The number of hydrogen-bond acceptors (Lipinski definition) is 5. The van der Waals surface area contributed by atoms with Gasteiger partial charge in [-0.3, -0.25) is 4.79 Å². The number of allylic oxidation sites excluding steroid dienone is 1. The van der Waals surface area contributed by atoms with Crippen molar-refractivity contribution in [2.24, 2.45) is 0 Å². The summed E-state index contributed by atoms with van der Waals surface area (Å²) in [6, 6.07) is 16.0. The van der Waals surface area contributed by atoms with E-state index in [1.165, 1.54) is 10.7 Å². The molecule has 0 bridgehead atoms. The number of nitrogens with one attached hydrogen (secondary N) is 1. The number of halogens is 2. The van der Waals surface area contributed by atoms with Gasteiger partial charge in [-0.15, -0.1) is 0 Å². The topological polar surface area (TPSA) is 90.7 Å². The minimum atomic E-state index is -1.16. The third kappa shape index (κ3) is 4.24. The molecule has 1 unspecified atom stereocenters. The maximum absolute atomic E-state index is 13.9. The smallest absolute Gasteiger partial charge is 0.356 e. The highest BCUT2D eigenvalue weighted by Crippen LogP contribution is 2.41. The van der Waals surface area contributed by atoms with Gasteiger partial charge in [0.25, 0.3) is 5.91 Å². The van der Waals surface area contributed by atoms with Gasteiger partial charge in [0, 0.05) is 49.2 Å².